The highest BCUT2D eigenvalue weighted by molar-refractivity contribution is 5.87. The molecule has 0 saturated carbocycles. The van der Waals surface area contributed by atoms with Crippen LogP contribution in [0, 0.1) is 10.1 Å². The molecule has 0 atom stereocenters. The summed E-state index contributed by atoms with van der Waals surface area (Å²) in [4.78, 5) is 38.4. The fourth-order valence-electron chi connectivity index (χ4n) is 2.03. The Bertz CT molecular complexity index is 866. The summed E-state index contributed by atoms with van der Waals surface area (Å²) in [6, 6.07) is 0. The van der Waals surface area contributed by atoms with E-state index in [0.717, 1.165) is 9.13 Å². The second kappa shape index (κ2) is 4.89. The van der Waals surface area contributed by atoms with Crippen molar-refractivity contribution in [1.82, 2.24) is 14.1 Å². The number of fused-ring (bicyclic) bond motifs is 1. The standard InChI is InChI=1S/C11H12N4O6/c1-13-8-5(10(16)14(2)11(13)17)7(20-3)6(15(18)19)9(12-8)21-4/h1-4H3. The number of methoxy groups -OCH3 is 2. The van der Waals surface area contributed by atoms with Crippen molar-refractivity contribution in [1.29, 1.82) is 0 Å². The van der Waals surface area contributed by atoms with Crippen LogP contribution in [-0.4, -0.2) is 33.3 Å². The topological polar surface area (TPSA) is 118 Å². The van der Waals surface area contributed by atoms with Crippen molar-refractivity contribution in [3.8, 4) is 11.6 Å². The first-order valence-electron chi connectivity index (χ1n) is 5.71. The Morgan fingerprint density at radius 2 is 1.76 bits per heavy atom. The highest BCUT2D eigenvalue weighted by Gasteiger charge is 2.30. The molecule has 0 aliphatic rings. The lowest BCUT2D eigenvalue weighted by molar-refractivity contribution is -0.386. The number of hydrogen-bond donors (Lipinski definition) is 0. The highest BCUT2D eigenvalue weighted by atomic mass is 16.6. The zero-order chi connectivity index (χ0) is 15.9. The minimum Gasteiger partial charge on any atom is -0.489 e. The van der Waals surface area contributed by atoms with Crippen molar-refractivity contribution in [3.63, 3.8) is 0 Å². The van der Waals surface area contributed by atoms with E-state index < -0.39 is 21.9 Å². The van der Waals surface area contributed by atoms with Gasteiger partial charge in [-0.15, -0.1) is 0 Å². The number of aryl methyl sites for hydroxylation is 1. The molecule has 0 spiro atoms. The number of nitrogens with zero attached hydrogens (tertiary/aromatic N) is 4. The van der Waals surface area contributed by atoms with Gasteiger partial charge in [-0.2, -0.15) is 4.98 Å². The van der Waals surface area contributed by atoms with Crippen LogP contribution < -0.4 is 20.7 Å². The maximum absolute atomic E-state index is 12.2. The summed E-state index contributed by atoms with van der Waals surface area (Å²) < 4.78 is 11.8. The van der Waals surface area contributed by atoms with Crippen molar-refractivity contribution < 1.29 is 14.4 Å². The van der Waals surface area contributed by atoms with Gasteiger partial charge in [0.2, 0.25) is 5.75 Å². The Hall–Kier alpha value is -2.91. The highest BCUT2D eigenvalue weighted by Crippen LogP contribution is 2.38. The van der Waals surface area contributed by atoms with Crippen LogP contribution in [0.25, 0.3) is 11.0 Å². The minimum absolute atomic E-state index is 0.0533. The third-order valence-corrected chi connectivity index (χ3v) is 3.07. The van der Waals surface area contributed by atoms with Gasteiger partial charge in [0.1, 0.15) is 5.39 Å². The minimum atomic E-state index is -0.755. The Labute approximate surface area is 117 Å². The normalized spacial score (nSPS) is 10.7. The molecule has 0 radical (unpaired) electrons. The Morgan fingerprint density at radius 3 is 2.24 bits per heavy atom. The van der Waals surface area contributed by atoms with Crippen molar-refractivity contribution in [2.45, 2.75) is 0 Å². The van der Waals surface area contributed by atoms with Crippen LogP contribution in [0.3, 0.4) is 0 Å². The molecule has 0 N–H and O–H groups in total. The maximum atomic E-state index is 12.2. The summed E-state index contributed by atoms with van der Waals surface area (Å²) in [7, 11) is 5.03. The van der Waals surface area contributed by atoms with Gasteiger partial charge in [0.25, 0.3) is 11.4 Å². The van der Waals surface area contributed by atoms with Crippen LogP contribution >= 0.6 is 0 Å². The van der Waals surface area contributed by atoms with Crippen molar-refractivity contribution in [3.05, 3.63) is 31.0 Å². The average Bonchev–Trinajstić information content (AvgIpc) is 2.48. The van der Waals surface area contributed by atoms with E-state index in [9.17, 15) is 19.7 Å². The Morgan fingerprint density at radius 1 is 1.14 bits per heavy atom. The summed E-state index contributed by atoms with van der Waals surface area (Å²) in [6.07, 6.45) is 0. The number of rotatable bonds is 3. The zero-order valence-corrected chi connectivity index (χ0v) is 11.7. The number of nitro groups is 1. The number of aromatic nitrogens is 3. The molecule has 112 valence electrons. The summed E-state index contributed by atoms with van der Waals surface area (Å²) in [6.45, 7) is 0. The van der Waals surface area contributed by atoms with Crippen molar-refractivity contribution in [2.24, 2.45) is 14.1 Å². The van der Waals surface area contributed by atoms with Gasteiger partial charge in [-0.25, -0.2) is 4.79 Å². The lowest BCUT2D eigenvalue weighted by Crippen LogP contribution is -2.37. The third kappa shape index (κ3) is 1.91. The third-order valence-electron chi connectivity index (χ3n) is 3.07. The van der Waals surface area contributed by atoms with Gasteiger partial charge < -0.3 is 9.47 Å². The molecule has 0 saturated heterocycles. The monoisotopic (exact) mass is 296 g/mol. The van der Waals surface area contributed by atoms with Gasteiger partial charge in [0.05, 0.1) is 19.1 Å². The smallest absolute Gasteiger partial charge is 0.373 e. The van der Waals surface area contributed by atoms with Gasteiger partial charge in [-0.1, -0.05) is 0 Å². The van der Waals surface area contributed by atoms with E-state index in [1.165, 1.54) is 28.3 Å². The number of hydrogen-bond acceptors (Lipinski definition) is 7. The maximum Gasteiger partial charge on any atom is 0.373 e. The van der Waals surface area contributed by atoms with Gasteiger partial charge in [-0.05, 0) is 0 Å². The molecular formula is C11H12N4O6. The first kappa shape index (κ1) is 14.5. The zero-order valence-electron chi connectivity index (χ0n) is 11.7. The largest absolute Gasteiger partial charge is 0.489 e. The summed E-state index contributed by atoms with van der Waals surface area (Å²) in [5, 5.41) is 11.0. The SMILES string of the molecule is COc1nc2c(c(OC)c1[N+](=O)[O-])c(=O)n(C)c(=O)n2C. The second-order valence-electron chi connectivity index (χ2n) is 4.16. The van der Waals surface area contributed by atoms with E-state index >= 15 is 0 Å². The number of pyridine rings is 1. The molecule has 0 aromatic carbocycles. The summed E-state index contributed by atoms with van der Waals surface area (Å²) in [5.41, 5.74) is -1.97. The van der Waals surface area contributed by atoms with Crippen LogP contribution in [0.2, 0.25) is 0 Å². The molecule has 2 aromatic heterocycles. The number of ether oxygens (including phenoxy) is 2. The molecule has 0 aliphatic carbocycles. The van der Waals surface area contributed by atoms with Crippen LogP contribution in [0.1, 0.15) is 0 Å². The fraction of sp³-hybridized carbons (Fsp3) is 0.364. The lowest BCUT2D eigenvalue weighted by Gasteiger charge is -2.11. The molecule has 2 rings (SSSR count). The van der Waals surface area contributed by atoms with Gasteiger partial charge >= 0.3 is 11.4 Å². The van der Waals surface area contributed by atoms with E-state index in [1.54, 1.807) is 0 Å². The van der Waals surface area contributed by atoms with Crippen molar-refractivity contribution in [2.75, 3.05) is 14.2 Å². The van der Waals surface area contributed by atoms with Crippen molar-refractivity contribution >= 4 is 16.7 Å². The van der Waals surface area contributed by atoms with Gasteiger partial charge in [0, 0.05) is 14.1 Å². The van der Waals surface area contributed by atoms with E-state index in [-0.39, 0.29) is 22.7 Å². The molecule has 21 heavy (non-hydrogen) atoms. The predicted molar refractivity (Wildman–Crippen MR) is 72.0 cm³/mol. The van der Waals surface area contributed by atoms with Gasteiger partial charge in [0.15, 0.2) is 5.65 Å². The molecule has 10 nitrogen and oxygen atoms in total. The van der Waals surface area contributed by atoms with Crippen LogP contribution in [0.5, 0.6) is 11.6 Å². The van der Waals surface area contributed by atoms with E-state index in [0.29, 0.717) is 0 Å². The molecule has 2 aromatic rings. The molecule has 10 heteroatoms. The lowest BCUT2D eigenvalue weighted by atomic mass is 10.2. The molecule has 0 aliphatic heterocycles. The van der Waals surface area contributed by atoms with Gasteiger partial charge in [-0.3, -0.25) is 24.0 Å². The first-order chi connectivity index (χ1) is 9.84. The second-order valence-corrected chi connectivity index (χ2v) is 4.16. The average molecular weight is 296 g/mol. The Balaban J connectivity index is 3.21. The molecule has 0 amide bonds. The van der Waals surface area contributed by atoms with E-state index in [4.69, 9.17) is 9.47 Å². The fourth-order valence-corrected chi connectivity index (χ4v) is 2.03. The van der Waals surface area contributed by atoms with Crippen LogP contribution in [-0.2, 0) is 14.1 Å². The van der Waals surface area contributed by atoms with E-state index in [2.05, 4.69) is 4.98 Å². The molecule has 0 unspecified atom stereocenters. The van der Waals surface area contributed by atoms with Crippen LogP contribution in [0.4, 0.5) is 5.69 Å². The molecule has 0 bridgehead atoms. The van der Waals surface area contributed by atoms with E-state index in [1.807, 2.05) is 0 Å². The molecule has 2 heterocycles. The summed E-state index contributed by atoms with van der Waals surface area (Å²) in [5.74, 6) is -0.634. The Kier molecular flexibility index (Phi) is 3.37. The summed E-state index contributed by atoms with van der Waals surface area (Å²) >= 11 is 0. The predicted octanol–water partition coefficient (Wildman–Crippen LogP) is -0.442. The molecular weight excluding hydrogens is 284 g/mol. The quantitative estimate of drug-likeness (QED) is 0.556. The first-order valence-corrected chi connectivity index (χ1v) is 5.71. The van der Waals surface area contributed by atoms with Crippen LogP contribution in [0.15, 0.2) is 9.59 Å². The molecule has 0 fully saturated rings.